The van der Waals surface area contributed by atoms with Crippen LogP contribution < -0.4 is 15.4 Å². The zero-order valence-corrected chi connectivity index (χ0v) is 21.1. The average Bonchev–Trinajstić information content (AvgIpc) is 2.88. The number of aromatic nitrogens is 2. The lowest BCUT2D eigenvalue weighted by Gasteiger charge is -2.31. The molecule has 1 aliphatic carbocycles. The molecule has 1 aromatic carbocycles. The molecule has 1 aromatic heterocycles. The maximum absolute atomic E-state index is 14.3. The van der Waals surface area contributed by atoms with Crippen molar-refractivity contribution in [3.8, 4) is 16.9 Å². The highest BCUT2D eigenvalue weighted by Gasteiger charge is 2.30. The van der Waals surface area contributed by atoms with Crippen molar-refractivity contribution >= 4 is 5.91 Å². The molecule has 35 heavy (non-hydrogen) atoms. The van der Waals surface area contributed by atoms with Gasteiger partial charge in [0.05, 0.1) is 11.8 Å². The third-order valence-corrected chi connectivity index (χ3v) is 7.35. The monoisotopic (exact) mass is 482 g/mol. The van der Waals surface area contributed by atoms with E-state index < -0.39 is 6.17 Å². The van der Waals surface area contributed by atoms with Crippen molar-refractivity contribution in [2.24, 2.45) is 5.92 Å². The lowest BCUT2D eigenvalue weighted by atomic mass is 9.89. The smallest absolute Gasteiger partial charge is 0.272 e. The first-order valence-electron chi connectivity index (χ1n) is 13.3. The van der Waals surface area contributed by atoms with Crippen molar-refractivity contribution in [3.63, 3.8) is 0 Å². The normalized spacial score (nSPS) is 21.9. The number of ether oxygens (including phenoxy) is 1. The minimum Gasteiger partial charge on any atom is -0.490 e. The molecule has 4 rings (SSSR count). The summed E-state index contributed by atoms with van der Waals surface area (Å²) in [7, 11) is 0. The standard InChI is InChI=1S/C28H39FN4O2/c1-3-4-10-26-24(20-11-13-22(14-12-20)35-21-8-6-5-7-9-21)17-27(33-32-26)28(34)31-19(2)23-15-16-30-18-25(23)29/h11-14,17,19,21,23,25,30H,3-10,15-16,18H2,1-2H3,(H,31,34)/t19?,23-,25-/m0/s1. The van der Waals surface area contributed by atoms with E-state index in [1.807, 2.05) is 37.3 Å². The Kier molecular flexibility index (Phi) is 9.07. The SMILES string of the molecule is CCCCc1nnc(C(=O)NC(C)[C@@H]2CCNC[C@@H]2F)cc1-c1ccc(OC2CCCCC2)cc1. The van der Waals surface area contributed by atoms with Gasteiger partial charge in [-0.3, -0.25) is 4.79 Å². The number of aryl methyl sites for hydroxylation is 1. The Labute approximate surface area is 208 Å². The van der Waals surface area contributed by atoms with Crippen LogP contribution in [0.5, 0.6) is 5.75 Å². The number of hydrogen-bond acceptors (Lipinski definition) is 5. The Balaban J connectivity index is 1.50. The van der Waals surface area contributed by atoms with Crippen LogP contribution in [0.15, 0.2) is 30.3 Å². The molecule has 190 valence electrons. The molecule has 2 fully saturated rings. The minimum absolute atomic E-state index is 0.201. The molecule has 3 atom stereocenters. The molecular weight excluding hydrogens is 443 g/mol. The number of unbranched alkanes of at least 4 members (excludes halogenated alkanes) is 1. The molecule has 1 saturated heterocycles. The minimum atomic E-state index is -0.966. The number of hydrogen-bond donors (Lipinski definition) is 2. The van der Waals surface area contributed by atoms with E-state index in [0.29, 0.717) is 19.1 Å². The third-order valence-electron chi connectivity index (χ3n) is 7.35. The molecule has 0 radical (unpaired) electrons. The lowest BCUT2D eigenvalue weighted by Crippen LogP contribution is -2.48. The van der Waals surface area contributed by atoms with Gasteiger partial charge in [-0.15, -0.1) is 5.10 Å². The number of carbonyl (C=O) groups excluding carboxylic acids is 1. The topological polar surface area (TPSA) is 76.1 Å². The van der Waals surface area contributed by atoms with E-state index in [1.54, 1.807) is 0 Å². The van der Waals surface area contributed by atoms with Gasteiger partial charge in [-0.2, -0.15) is 5.10 Å². The van der Waals surface area contributed by atoms with Crippen LogP contribution in [-0.4, -0.2) is 47.5 Å². The van der Waals surface area contributed by atoms with E-state index in [-0.39, 0.29) is 23.6 Å². The van der Waals surface area contributed by atoms with Crippen LogP contribution >= 0.6 is 0 Å². The molecule has 7 heteroatoms. The van der Waals surface area contributed by atoms with Crippen molar-refractivity contribution in [2.45, 2.75) is 90.0 Å². The van der Waals surface area contributed by atoms with E-state index >= 15 is 0 Å². The summed E-state index contributed by atoms with van der Waals surface area (Å²) in [5.41, 5.74) is 3.06. The van der Waals surface area contributed by atoms with Gasteiger partial charge in [0.15, 0.2) is 5.69 Å². The fraction of sp³-hybridized carbons (Fsp3) is 0.607. The van der Waals surface area contributed by atoms with Crippen molar-refractivity contribution in [1.29, 1.82) is 0 Å². The third kappa shape index (κ3) is 6.78. The fourth-order valence-corrected chi connectivity index (χ4v) is 5.19. The number of nitrogens with zero attached hydrogens (tertiary/aromatic N) is 2. The van der Waals surface area contributed by atoms with Gasteiger partial charge in [-0.05, 0) is 82.2 Å². The zero-order valence-electron chi connectivity index (χ0n) is 21.1. The van der Waals surface area contributed by atoms with Gasteiger partial charge >= 0.3 is 0 Å². The molecule has 6 nitrogen and oxygen atoms in total. The molecule has 1 amide bonds. The van der Waals surface area contributed by atoms with Gasteiger partial charge in [-0.1, -0.05) is 31.9 Å². The van der Waals surface area contributed by atoms with E-state index in [4.69, 9.17) is 4.74 Å². The number of alkyl halides is 1. The molecule has 0 spiro atoms. The summed E-state index contributed by atoms with van der Waals surface area (Å²) in [6, 6.07) is 9.64. The van der Waals surface area contributed by atoms with E-state index in [1.165, 1.54) is 19.3 Å². The maximum Gasteiger partial charge on any atom is 0.272 e. The second-order valence-corrected chi connectivity index (χ2v) is 10.0. The quantitative estimate of drug-likeness (QED) is 0.510. The number of amides is 1. The second kappa shape index (κ2) is 12.4. The largest absolute Gasteiger partial charge is 0.490 e. The van der Waals surface area contributed by atoms with Gasteiger partial charge in [0.2, 0.25) is 0 Å². The second-order valence-electron chi connectivity index (χ2n) is 10.0. The summed E-state index contributed by atoms with van der Waals surface area (Å²) in [5.74, 6) is 0.372. The average molecular weight is 483 g/mol. The Hall–Kier alpha value is -2.54. The summed E-state index contributed by atoms with van der Waals surface area (Å²) in [5, 5.41) is 14.7. The highest BCUT2D eigenvalue weighted by Crippen LogP contribution is 2.29. The number of benzene rings is 1. The van der Waals surface area contributed by atoms with E-state index in [0.717, 1.165) is 61.2 Å². The highest BCUT2D eigenvalue weighted by atomic mass is 19.1. The van der Waals surface area contributed by atoms with Gasteiger partial charge in [-0.25, -0.2) is 4.39 Å². The molecule has 1 saturated carbocycles. The number of rotatable bonds is 9. The predicted molar refractivity (Wildman–Crippen MR) is 136 cm³/mol. The summed E-state index contributed by atoms with van der Waals surface area (Å²) in [6.45, 7) is 5.12. The zero-order chi connectivity index (χ0) is 24.6. The predicted octanol–water partition coefficient (Wildman–Crippen LogP) is 5.26. The van der Waals surface area contributed by atoms with Crippen molar-refractivity contribution in [2.75, 3.05) is 13.1 Å². The number of halogens is 1. The Bertz CT molecular complexity index is 962. The van der Waals surface area contributed by atoms with Gasteiger partial charge in [0, 0.05) is 24.1 Å². The molecule has 1 unspecified atom stereocenters. The molecule has 2 heterocycles. The molecule has 0 bridgehead atoms. The molecule has 2 aliphatic rings. The van der Waals surface area contributed by atoms with Crippen molar-refractivity contribution in [3.05, 3.63) is 41.7 Å². The van der Waals surface area contributed by atoms with Gasteiger partial charge < -0.3 is 15.4 Å². The number of carbonyl (C=O) groups is 1. The van der Waals surface area contributed by atoms with Crippen LogP contribution in [0.2, 0.25) is 0 Å². The van der Waals surface area contributed by atoms with Crippen LogP contribution in [0.3, 0.4) is 0 Å². The summed E-state index contributed by atoms with van der Waals surface area (Å²) < 4.78 is 20.5. The molecular formula is C28H39FN4O2. The highest BCUT2D eigenvalue weighted by molar-refractivity contribution is 5.93. The van der Waals surface area contributed by atoms with Crippen LogP contribution in [0.4, 0.5) is 4.39 Å². The maximum atomic E-state index is 14.3. The van der Waals surface area contributed by atoms with Crippen molar-refractivity contribution in [1.82, 2.24) is 20.8 Å². The Morgan fingerprint density at radius 1 is 1.17 bits per heavy atom. The van der Waals surface area contributed by atoms with E-state index in [9.17, 15) is 9.18 Å². The van der Waals surface area contributed by atoms with E-state index in [2.05, 4.69) is 27.8 Å². The summed E-state index contributed by atoms with van der Waals surface area (Å²) in [4.78, 5) is 13.0. The van der Waals surface area contributed by atoms with Crippen molar-refractivity contribution < 1.29 is 13.9 Å². The number of nitrogens with one attached hydrogen (secondary N) is 2. The van der Waals surface area contributed by atoms with Gasteiger partial charge in [0.1, 0.15) is 11.9 Å². The molecule has 2 N–H and O–H groups in total. The van der Waals surface area contributed by atoms with Crippen LogP contribution in [-0.2, 0) is 6.42 Å². The summed E-state index contributed by atoms with van der Waals surface area (Å²) in [6.07, 6.45) is 8.90. The lowest BCUT2D eigenvalue weighted by molar-refractivity contribution is 0.0875. The molecule has 1 aliphatic heterocycles. The van der Waals surface area contributed by atoms with Crippen LogP contribution in [0.25, 0.3) is 11.1 Å². The first kappa shape index (κ1) is 25.5. The molecule has 2 aromatic rings. The first-order valence-corrected chi connectivity index (χ1v) is 13.3. The Morgan fingerprint density at radius 2 is 1.94 bits per heavy atom. The number of piperidine rings is 1. The Morgan fingerprint density at radius 3 is 2.66 bits per heavy atom. The fourth-order valence-electron chi connectivity index (χ4n) is 5.19. The van der Waals surface area contributed by atoms with Crippen LogP contribution in [0, 0.1) is 5.92 Å². The first-order chi connectivity index (χ1) is 17.0. The van der Waals surface area contributed by atoms with Gasteiger partial charge in [0.25, 0.3) is 5.91 Å². The summed E-state index contributed by atoms with van der Waals surface area (Å²) >= 11 is 0. The van der Waals surface area contributed by atoms with Crippen LogP contribution in [0.1, 0.15) is 81.4 Å².